The van der Waals surface area contributed by atoms with Gasteiger partial charge in [-0.25, -0.2) is 9.97 Å². The lowest BCUT2D eigenvalue weighted by molar-refractivity contribution is 0.798. The lowest BCUT2D eigenvalue weighted by Gasteiger charge is -2.11. The fourth-order valence-electron chi connectivity index (χ4n) is 2.22. The Morgan fingerprint density at radius 2 is 1.52 bits per heavy atom. The van der Waals surface area contributed by atoms with Crippen molar-refractivity contribution in [3.05, 3.63) is 31.2 Å². The molecule has 8 heteroatoms. The molecule has 0 saturated heterocycles. The number of hydrogen-bond acceptors (Lipinski definition) is 5. The van der Waals surface area contributed by atoms with E-state index in [0.717, 1.165) is 46.9 Å². The molecule has 128 valence electrons. The summed E-state index contributed by atoms with van der Waals surface area (Å²) < 4.78 is 0. The maximum absolute atomic E-state index is 4.46. The molecule has 0 aromatic carbocycles. The van der Waals surface area contributed by atoms with Crippen molar-refractivity contribution >= 4 is 52.6 Å². The number of aromatic nitrogens is 2. The Morgan fingerprint density at radius 1 is 0.957 bits per heavy atom. The molecule has 0 bridgehead atoms. The minimum atomic E-state index is 0. The first-order chi connectivity index (χ1) is 10.5. The van der Waals surface area contributed by atoms with E-state index >= 15 is 0 Å². The number of hydrogen-bond donors (Lipinski definition) is 2. The van der Waals surface area contributed by atoms with Gasteiger partial charge in [-0.15, -0.1) is 46.7 Å². The van der Waals surface area contributed by atoms with Crippen LogP contribution >= 0.6 is 46.7 Å². The van der Waals surface area contributed by atoms with Gasteiger partial charge in [0.05, 0.1) is 27.9 Å². The zero-order valence-corrected chi connectivity index (χ0v) is 18.2. The summed E-state index contributed by atoms with van der Waals surface area (Å²) in [4.78, 5) is 15.8. The number of aliphatic imine (C=N–C) groups is 1. The molecular weight excluding hydrogens is 441 g/mol. The summed E-state index contributed by atoms with van der Waals surface area (Å²) in [6, 6.07) is 0. The Labute approximate surface area is 163 Å². The minimum absolute atomic E-state index is 0. The molecule has 0 aliphatic heterocycles. The van der Waals surface area contributed by atoms with Gasteiger partial charge in [0.25, 0.3) is 0 Å². The summed E-state index contributed by atoms with van der Waals surface area (Å²) in [5.41, 5.74) is 2.24. The molecule has 0 aliphatic carbocycles. The van der Waals surface area contributed by atoms with Crippen molar-refractivity contribution in [1.82, 2.24) is 20.6 Å². The van der Waals surface area contributed by atoms with Gasteiger partial charge in [0.15, 0.2) is 5.96 Å². The molecule has 2 rings (SSSR count). The quantitative estimate of drug-likeness (QED) is 0.404. The normalized spacial score (nSPS) is 11.3. The highest BCUT2D eigenvalue weighted by atomic mass is 127. The molecule has 0 saturated carbocycles. The summed E-state index contributed by atoms with van der Waals surface area (Å²) in [5, 5.41) is 8.93. The van der Waals surface area contributed by atoms with E-state index in [9.17, 15) is 0 Å². The Hall–Kier alpha value is -0.740. The molecule has 2 heterocycles. The van der Waals surface area contributed by atoms with Crippen molar-refractivity contribution in [3.8, 4) is 0 Å². The molecule has 0 aliphatic rings. The maximum Gasteiger partial charge on any atom is 0.191 e. The third-order valence-corrected chi connectivity index (χ3v) is 5.49. The van der Waals surface area contributed by atoms with Gasteiger partial charge in [0, 0.05) is 29.8 Å². The largest absolute Gasteiger partial charge is 0.356 e. The number of nitrogens with one attached hydrogen (secondary N) is 2. The average molecular weight is 465 g/mol. The smallest absolute Gasteiger partial charge is 0.191 e. The Morgan fingerprint density at radius 3 is 2.00 bits per heavy atom. The van der Waals surface area contributed by atoms with Gasteiger partial charge >= 0.3 is 0 Å². The molecule has 2 aromatic rings. The van der Waals surface area contributed by atoms with E-state index in [0.29, 0.717) is 0 Å². The topological polar surface area (TPSA) is 62.2 Å². The number of halogens is 1. The highest BCUT2D eigenvalue weighted by Gasteiger charge is 2.07. The molecule has 0 amide bonds. The van der Waals surface area contributed by atoms with E-state index < -0.39 is 0 Å². The standard InChI is InChI=1S/C15H23N5S2.HI/c1-9-13(21-11(3)19-9)6-7-17-15(16-5)18-8-14-10(2)20-12(4)22-14;/h6-8H2,1-5H3,(H2,16,17,18);1H. The molecule has 5 nitrogen and oxygen atoms in total. The second-order valence-corrected chi connectivity index (χ2v) is 7.66. The summed E-state index contributed by atoms with van der Waals surface area (Å²) in [7, 11) is 1.79. The molecular formula is C15H24IN5S2. The zero-order chi connectivity index (χ0) is 16.1. The van der Waals surface area contributed by atoms with Crippen molar-refractivity contribution in [2.24, 2.45) is 4.99 Å². The lowest BCUT2D eigenvalue weighted by atomic mass is 10.3. The number of guanidine groups is 1. The fourth-order valence-corrected chi connectivity index (χ4v) is 4.04. The van der Waals surface area contributed by atoms with Crippen LogP contribution in [0.3, 0.4) is 0 Å². The predicted octanol–water partition coefficient (Wildman–Crippen LogP) is 3.36. The third-order valence-electron chi connectivity index (χ3n) is 3.28. The van der Waals surface area contributed by atoms with Gasteiger partial charge in [-0.3, -0.25) is 4.99 Å². The highest BCUT2D eigenvalue weighted by Crippen LogP contribution is 2.17. The third kappa shape index (κ3) is 6.00. The van der Waals surface area contributed by atoms with Crippen LogP contribution in [-0.2, 0) is 13.0 Å². The number of nitrogens with zero attached hydrogens (tertiary/aromatic N) is 3. The first-order valence-corrected chi connectivity index (χ1v) is 8.93. The molecule has 0 spiro atoms. The molecule has 23 heavy (non-hydrogen) atoms. The van der Waals surface area contributed by atoms with Crippen LogP contribution in [0, 0.1) is 27.7 Å². The minimum Gasteiger partial charge on any atom is -0.356 e. The maximum atomic E-state index is 4.46. The summed E-state index contributed by atoms with van der Waals surface area (Å²) in [6.07, 6.45) is 0.969. The van der Waals surface area contributed by atoms with Crippen LogP contribution in [0.5, 0.6) is 0 Å². The summed E-state index contributed by atoms with van der Waals surface area (Å²) in [5.74, 6) is 0.823. The van der Waals surface area contributed by atoms with Crippen LogP contribution in [0.4, 0.5) is 0 Å². The van der Waals surface area contributed by atoms with Gasteiger partial charge in [0.2, 0.25) is 0 Å². The molecule has 0 atom stereocenters. The van der Waals surface area contributed by atoms with Gasteiger partial charge in [0.1, 0.15) is 0 Å². The summed E-state index contributed by atoms with van der Waals surface area (Å²) >= 11 is 3.50. The number of thiazole rings is 2. The Kier molecular flexibility index (Phi) is 8.41. The Balaban J connectivity index is 0.00000264. The molecule has 2 aromatic heterocycles. The van der Waals surface area contributed by atoms with Crippen LogP contribution in [0.1, 0.15) is 31.2 Å². The molecule has 0 unspecified atom stereocenters. The monoisotopic (exact) mass is 465 g/mol. The van der Waals surface area contributed by atoms with Crippen LogP contribution < -0.4 is 10.6 Å². The van der Waals surface area contributed by atoms with Crippen molar-refractivity contribution in [1.29, 1.82) is 0 Å². The van der Waals surface area contributed by atoms with E-state index in [1.54, 1.807) is 29.7 Å². The van der Waals surface area contributed by atoms with Crippen molar-refractivity contribution < 1.29 is 0 Å². The molecule has 0 radical (unpaired) electrons. The first-order valence-electron chi connectivity index (χ1n) is 7.30. The van der Waals surface area contributed by atoms with E-state index in [4.69, 9.17) is 0 Å². The van der Waals surface area contributed by atoms with Crippen LogP contribution in [0.15, 0.2) is 4.99 Å². The highest BCUT2D eigenvalue weighted by molar-refractivity contribution is 14.0. The van der Waals surface area contributed by atoms with E-state index in [-0.39, 0.29) is 24.0 Å². The van der Waals surface area contributed by atoms with Gasteiger partial charge in [-0.05, 0) is 27.7 Å². The first kappa shape index (κ1) is 20.3. The van der Waals surface area contributed by atoms with E-state index in [1.165, 1.54) is 9.75 Å². The zero-order valence-electron chi connectivity index (χ0n) is 14.2. The van der Waals surface area contributed by atoms with Gasteiger partial charge in [-0.2, -0.15) is 0 Å². The summed E-state index contributed by atoms with van der Waals surface area (Å²) in [6.45, 7) is 9.81. The fraction of sp³-hybridized carbons (Fsp3) is 0.533. The second-order valence-electron chi connectivity index (χ2n) is 5.09. The van der Waals surface area contributed by atoms with E-state index in [2.05, 4.69) is 39.4 Å². The SMILES string of the molecule is CN=C(NCCc1sc(C)nc1C)NCc1sc(C)nc1C.I. The van der Waals surface area contributed by atoms with Gasteiger partial charge < -0.3 is 10.6 Å². The lowest BCUT2D eigenvalue weighted by Crippen LogP contribution is -2.37. The van der Waals surface area contributed by atoms with Crippen LogP contribution in [-0.4, -0.2) is 29.5 Å². The van der Waals surface area contributed by atoms with E-state index in [1.807, 2.05) is 13.8 Å². The number of rotatable bonds is 5. The molecule has 2 N–H and O–H groups in total. The Bertz CT molecular complexity index is 663. The predicted molar refractivity (Wildman–Crippen MR) is 110 cm³/mol. The number of aryl methyl sites for hydroxylation is 4. The van der Waals surface area contributed by atoms with Gasteiger partial charge in [-0.1, -0.05) is 0 Å². The van der Waals surface area contributed by atoms with Crippen molar-refractivity contribution in [2.45, 2.75) is 40.7 Å². The van der Waals surface area contributed by atoms with Crippen molar-refractivity contribution in [2.75, 3.05) is 13.6 Å². The average Bonchev–Trinajstić information content (AvgIpc) is 2.95. The second kappa shape index (κ2) is 9.53. The van der Waals surface area contributed by atoms with Crippen LogP contribution in [0.2, 0.25) is 0 Å². The molecule has 0 fully saturated rings. The van der Waals surface area contributed by atoms with Crippen molar-refractivity contribution in [3.63, 3.8) is 0 Å². The van der Waals surface area contributed by atoms with Crippen LogP contribution in [0.25, 0.3) is 0 Å².